The van der Waals surface area contributed by atoms with Crippen LogP contribution in [0.5, 0.6) is 0 Å². The predicted molar refractivity (Wildman–Crippen MR) is 57.8 cm³/mol. The van der Waals surface area contributed by atoms with E-state index in [-0.39, 0.29) is 18.9 Å². The Kier molecular flexibility index (Phi) is 4.29. The second-order valence-corrected chi connectivity index (χ2v) is 4.99. The Morgan fingerprint density at radius 3 is 2.62 bits per heavy atom. The van der Waals surface area contributed by atoms with Gasteiger partial charge < -0.3 is 14.3 Å². The number of nitrogens with zero attached hydrogens (tertiary/aromatic N) is 1. The van der Waals surface area contributed by atoms with Gasteiger partial charge in [-0.2, -0.15) is 0 Å². The first kappa shape index (κ1) is 13.0. The van der Waals surface area contributed by atoms with E-state index in [1.165, 1.54) is 0 Å². The van der Waals surface area contributed by atoms with Crippen molar-refractivity contribution in [3.8, 4) is 0 Å². The highest BCUT2D eigenvalue weighted by Crippen LogP contribution is 2.17. The van der Waals surface area contributed by atoms with E-state index in [9.17, 15) is 9.59 Å². The maximum absolute atomic E-state index is 11.3. The van der Waals surface area contributed by atoms with Crippen LogP contribution in [0, 0.1) is 0 Å². The van der Waals surface area contributed by atoms with E-state index in [1.54, 1.807) is 0 Å². The third-order valence-electron chi connectivity index (χ3n) is 2.83. The third kappa shape index (κ3) is 4.61. The van der Waals surface area contributed by atoms with Crippen LogP contribution in [0.4, 0.5) is 0 Å². The lowest BCUT2D eigenvalue weighted by Crippen LogP contribution is -2.50. The average Bonchev–Trinajstić information content (AvgIpc) is 2.13. The van der Waals surface area contributed by atoms with Crippen LogP contribution in [0.3, 0.4) is 0 Å². The maximum Gasteiger partial charge on any atom is 0.306 e. The molecule has 92 valence electrons. The molecule has 1 N–H and O–H groups in total. The third-order valence-corrected chi connectivity index (χ3v) is 2.83. The number of carbonyl (C=O) groups excluding carboxylic acids is 1. The first-order valence-electron chi connectivity index (χ1n) is 5.62. The van der Waals surface area contributed by atoms with Crippen LogP contribution in [0.1, 0.15) is 25.7 Å². The summed E-state index contributed by atoms with van der Waals surface area (Å²) in [5.41, 5.74) is 0. The molecule has 0 amide bonds. The summed E-state index contributed by atoms with van der Waals surface area (Å²) in [7, 11) is 4.22. The van der Waals surface area contributed by atoms with Crippen molar-refractivity contribution in [1.29, 1.82) is 0 Å². The summed E-state index contributed by atoms with van der Waals surface area (Å²) in [6.07, 6.45) is 1.71. The summed E-state index contributed by atoms with van der Waals surface area (Å²) in [5.74, 6) is -1.36. The van der Waals surface area contributed by atoms with Gasteiger partial charge in [-0.3, -0.25) is 9.59 Å². The molecule has 0 aliphatic carbocycles. The fraction of sp³-hybridized carbons (Fsp3) is 0.818. The molecule has 1 atom stereocenters. The highest BCUT2D eigenvalue weighted by molar-refractivity contribution is 5.76. The summed E-state index contributed by atoms with van der Waals surface area (Å²) in [6.45, 7) is 1.92. The second kappa shape index (κ2) is 5.30. The summed E-state index contributed by atoms with van der Waals surface area (Å²) in [4.78, 5) is 21.6. The normalized spacial score (nSPS) is 23.8. The highest BCUT2D eigenvalue weighted by Gasteiger charge is 2.29. The van der Waals surface area contributed by atoms with Gasteiger partial charge in [-0.25, -0.2) is 0 Å². The molecule has 1 fully saturated rings. The lowest BCUT2D eigenvalue weighted by Gasteiger charge is -2.37. The molecule has 1 saturated heterocycles. The van der Waals surface area contributed by atoms with Crippen LogP contribution in [-0.2, 0) is 14.3 Å². The van der Waals surface area contributed by atoms with Gasteiger partial charge in [-0.1, -0.05) is 0 Å². The first-order chi connectivity index (χ1) is 7.39. The van der Waals surface area contributed by atoms with Crippen molar-refractivity contribution < 1.29 is 23.9 Å². The quantitative estimate of drug-likeness (QED) is 0.568. The SMILES string of the molecule is C[N+]1(C)CCCC(OC(=O)CCC(=O)O)C1. The first-order valence-corrected chi connectivity index (χ1v) is 5.62. The number of hydrogen-bond acceptors (Lipinski definition) is 3. The van der Waals surface area contributed by atoms with Gasteiger partial charge in [-0.15, -0.1) is 0 Å². The van der Waals surface area contributed by atoms with Crippen molar-refractivity contribution in [2.45, 2.75) is 31.8 Å². The molecule has 1 heterocycles. The second-order valence-electron chi connectivity index (χ2n) is 4.99. The number of quaternary nitrogens is 1. The molecule has 0 bridgehead atoms. The molecule has 0 aromatic rings. The van der Waals surface area contributed by atoms with E-state index < -0.39 is 11.9 Å². The van der Waals surface area contributed by atoms with E-state index in [4.69, 9.17) is 9.84 Å². The van der Waals surface area contributed by atoms with Gasteiger partial charge in [0, 0.05) is 6.42 Å². The van der Waals surface area contributed by atoms with Crippen molar-refractivity contribution in [1.82, 2.24) is 0 Å². The van der Waals surface area contributed by atoms with Gasteiger partial charge in [0.25, 0.3) is 0 Å². The van der Waals surface area contributed by atoms with Crippen molar-refractivity contribution >= 4 is 11.9 Å². The summed E-state index contributed by atoms with van der Waals surface area (Å²) in [6, 6.07) is 0. The van der Waals surface area contributed by atoms with Crippen molar-refractivity contribution in [3.63, 3.8) is 0 Å². The number of carboxylic acids is 1. The molecule has 0 spiro atoms. The molecule has 0 aromatic carbocycles. The Bertz CT molecular complexity index is 275. The van der Waals surface area contributed by atoms with Gasteiger partial charge >= 0.3 is 11.9 Å². The number of piperidine rings is 1. The lowest BCUT2D eigenvalue weighted by atomic mass is 10.1. The van der Waals surface area contributed by atoms with Crippen LogP contribution in [0.25, 0.3) is 0 Å². The zero-order valence-electron chi connectivity index (χ0n) is 9.94. The maximum atomic E-state index is 11.3. The number of hydrogen-bond donors (Lipinski definition) is 1. The van der Waals surface area contributed by atoms with Gasteiger partial charge in [-0.05, 0) is 6.42 Å². The number of esters is 1. The number of aliphatic carboxylic acids is 1. The summed E-state index contributed by atoms with van der Waals surface area (Å²) in [5, 5.41) is 8.44. The fourth-order valence-electron chi connectivity index (χ4n) is 2.03. The molecular formula is C11H20NO4+. The lowest BCUT2D eigenvalue weighted by molar-refractivity contribution is -0.898. The Morgan fingerprint density at radius 2 is 2.06 bits per heavy atom. The monoisotopic (exact) mass is 230 g/mol. The molecule has 1 unspecified atom stereocenters. The molecule has 1 aliphatic heterocycles. The smallest absolute Gasteiger partial charge is 0.306 e. The summed E-state index contributed by atoms with van der Waals surface area (Å²) < 4.78 is 6.12. The van der Waals surface area contributed by atoms with E-state index in [0.29, 0.717) is 0 Å². The average molecular weight is 230 g/mol. The molecule has 5 nitrogen and oxygen atoms in total. The number of carboxylic acid groups (broad SMARTS) is 1. The van der Waals surface area contributed by atoms with E-state index >= 15 is 0 Å². The molecular weight excluding hydrogens is 210 g/mol. The minimum absolute atomic E-state index is 0.0285. The van der Waals surface area contributed by atoms with Crippen LogP contribution in [0.15, 0.2) is 0 Å². The number of likely N-dealkylation sites (N-methyl/N-ethyl adjacent to an activating group) is 1. The largest absolute Gasteiger partial charge is 0.481 e. The van der Waals surface area contributed by atoms with Crippen molar-refractivity contribution in [3.05, 3.63) is 0 Å². The van der Waals surface area contributed by atoms with Crippen LogP contribution in [0.2, 0.25) is 0 Å². The van der Waals surface area contributed by atoms with Crippen LogP contribution >= 0.6 is 0 Å². The minimum Gasteiger partial charge on any atom is -0.481 e. The van der Waals surface area contributed by atoms with Crippen LogP contribution in [-0.4, -0.2) is 54.8 Å². The zero-order valence-corrected chi connectivity index (χ0v) is 9.94. The molecule has 16 heavy (non-hydrogen) atoms. The van der Waals surface area contributed by atoms with Gasteiger partial charge in [0.15, 0.2) is 6.10 Å². The Hall–Kier alpha value is -1.10. The topological polar surface area (TPSA) is 63.6 Å². The van der Waals surface area contributed by atoms with Crippen LogP contribution < -0.4 is 0 Å². The molecule has 0 saturated carbocycles. The van der Waals surface area contributed by atoms with E-state index in [0.717, 1.165) is 30.4 Å². The van der Waals surface area contributed by atoms with E-state index in [2.05, 4.69) is 14.1 Å². The van der Waals surface area contributed by atoms with Gasteiger partial charge in [0.05, 0.1) is 33.5 Å². The summed E-state index contributed by atoms with van der Waals surface area (Å²) >= 11 is 0. The number of carbonyl (C=O) groups is 2. The van der Waals surface area contributed by atoms with Crippen molar-refractivity contribution in [2.24, 2.45) is 0 Å². The Balaban J connectivity index is 2.31. The highest BCUT2D eigenvalue weighted by atomic mass is 16.5. The molecule has 0 aromatic heterocycles. The van der Waals surface area contributed by atoms with E-state index in [1.807, 2.05) is 0 Å². The van der Waals surface area contributed by atoms with Gasteiger partial charge in [0.1, 0.15) is 6.54 Å². The molecule has 5 heteroatoms. The molecule has 0 radical (unpaired) electrons. The standard InChI is InChI=1S/C11H19NO4/c1-12(2)7-3-4-9(8-12)16-11(15)6-5-10(13)14/h9H,3-8H2,1-2H3/p+1. The zero-order chi connectivity index (χ0) is 12.2. The number of likely N-dealkylation sites (tertiary alicyclic amines) is 1. The fourth-order valence-corrected chi connectivity index (χ4v) is 2.03. The van der Waals surface area contributed by atoms with Crippen molar-refractivity contribution in [2.75, 3.05) is 27.2 Å². The molecule has 1 rings (SSSR count). The predicted octanol–water partition coefficient (Wildman–Crippen LogP) is 0.633. The molecule has 1 aliphatic rings. The number of rotatable bonds is 4. The number of ether oxygens (including phenoxy) is 1. The Labute approximate surface area is 95.6 Å². The van der Waals surface area contributed by atoms with Gasteiger partial charge in [0.2, 0.25) is 0 Å². The Morgan fingerprint density at radius 1 is 1.38 bits per heavy atom. The minimum atomic E-state index is -0.961.